The third kappa shape index (κ3) is 3.64. The highest BCUT2D eigenvalue weighted by molar-refractivity contribution is 5.45. The van der Waals surface area contributed by atoms with E-state index in [0.29, 0.717) is 0 Å². The maximum absolute atomic E-state index is 5.89. The second-order valence-corrected chi connectivity index (χ2v) is 5.04. The zero-order valence-electron chi connectivity index (χ0n) is 11.4. The van der Waals surface area contributed by atoms with Gasteiger partial charge in [-0.1, -0.05) is 6.07 Å². The van der Waals surface area contributed by atoms with Crippen LogP contribution in [0.1, 0.15) is 24.8 Å². The fourth-order valence-corrected chi connectivity index (χ4v) is 2.21. The van der Waals surface area contributed by atoms with E-state index >= 15 is 0 Å². The van der Waals surface area contributed by atoms with Crippen LogP contribution in [-0.2, 0) is 6.42 Å². The van der Waals surface area contributed by atoms with Crippen molar-refractivity contribution in [3.8, 4) is 11.5 Å². The van der Waals surface area contributed by atoms with Gasteiger partial charge in [0.05, 0.1) is 13.2 Å². The number of rotatable bonds is 6. The second kappa shape index (κ2) is 6.64. The van der Waals surface area contributed by atoms with Crippen LogP contribution in [0.2, 0.25) is 0 Å². The van der Waals surface area contributed by atoms with Gasteiger partial charge in [-0.25, -0.2) is 0 Å². The fraction of sp³-hybridized carbons (Fsp3) is 0.600. The molecule has 1 aliphatic rings. The molecule has 1 aliphatic heterocycles. The Bertz CT molecular complexity index is 377. The molecule has 0 aromatic heterocycles. The molecular weight excluding hydrogens is 226 g/mol. The van der Waals surface area contributed by atoms with Crippen LogP contribution >= 0.6 is 0 Å². The molecule has 0 amide bonds. The predicted molar refractivity (Wildman–Crippen MR) is 73.5 cm³/mol. The molecule has 0 radical (unpaired) electrons. The first-order valence-electron chi connectivity index (χ1n) is 6.79. The molecule has 18 heavy (non-hydrogen) atoms. The summed E-state index contributed by atoms with van der Waals surface area (Å²) in [5, 5.41) is 0. The molecule has 0 N–H and O–H groups in total. The van der Waals surface area contributed by atoms with Gasteiger partial charge in [0.2, 0.25) is 0 Å². The van der Waals surface area contributed by atoms with Crippen molar-refractivity contribution in [1.82, 2.24) is 4.90 Å². The summed E-state index contributed by atoms with van der Waals surface area (Å²) in [7, 11) is 4.21. The Morgan fingerprint density at radius 2 is 2.17 bits per heavy atom. The highest BCUT2D eigenvalue weighted by Gasteiger charge is 2.14. The highest BCUT2D eigenvalue weighted by Crippen LogP contribution is 2.32. The minimum Gasteiger partial charge on any atom is -0.493 e. The van der Waals surface area contributed by atoms with E-state index < -0.39 is 0 Å². The van der Waals surface area contributed by atoms with Crippen molar-refractivity contribution in [1.29, 1.82) is 0 Å². The quantitative estimate of drug-likeness (QED) is 0.724. The van der Waals surface area contributed by atoms with Crippen molar-refractivity contribution >= 4 is 0 Å². The van der Waals surface area contributed by atoms with Crippen molar-refractivity contribution in [3.05, 3.63) is 23.8 Å². The molecule has 0 atom stereocenters. The first-order valence-corrected chi connectivity index (χ1v) is 6.79. The number of hydrogen-bond acceptors (Lipinski definition) is 3. The summed E-state index contributed by atoms with van der Waals surface area (Å²) >= 11 is 0. The first-order chi connectivity index (χ1) is 8.77. The summed E-state index contributed by atoms with van der Waals surface area (Å²) in [4.78, 5) is 2.21. The smallest absolute Gasteiger partial charge is 0.126 e. The standard InChI is InChI=1S/C15H23NO2/c1-16(2)10-3-4-11-17-14-8-5-9-15-13(14)7-6-12-18-15/h5,8-9H,3-4,6-7,10-12H2,1-2H3. The molecule has 3 heteroatoms. The Labute approximate surface area is 110 Å². The number of unbranched alkanes of at least 4 members (excludes halogenated alkanes) is 1. The summed E-state index contributed by atoms with van der Waals surface area (Å²) in [5.74, 6) is 2.02. The van der Waals surface area contributed by atoms with Crippen molar-refractivity contribution in [2.45, 2.75) is 25.7 Å². The van der Waals surface area contributed by atoms with E-state index in [9.17, 15) is 0 Å². The molecule has 100 valence electrons. The van der Waals surface area contributed by atoms with Gasteiger partial charge in [-0.2, -0.15) is 0 Å². The lowest BCUT2D eigenvalue weighted by Crippen LogP contribution is -2.14. The van der Waals surface area contributed by atoms with Crippen LogP contribution in [0.4, 0.5) is 0 Å². The van der Waals surface area contributed by atoms with Crippen molar-refractivity contribution < 1.29 is 9.47 Å². The average molecular weight is 249 g/mol. The number of benzene rings is 1. The number of nitrogens with zero attached hydrogens (tertiary/aromatic N) is 1. The molecular formula is C15H23NO2. The normalized spacial score (nSPS) is 14.2. The number of hydrogen-bond donors (Lipinski definition) is 0. The fourth-order valence-electron chi connectivity index (χ4n) is 2.21. The molecule has 0 saturated carbocycles. The second-order valence-electron chi connectivity index (χ2n) is 5.04. The molecule has 1 heterocycles. The third-order valence-electron chi connectivity index (χ3n) is 3.18. The Morgan fingerprint density at radius 3 is 3.00 bits per heavy atom. The molecule has 0 bridgehead atoms. The van der Waals surface area contributed by atoms with E-state index in [1.54, 1.807) is 0 Å². The van der Waals surface area contributed by atoms with Gasteiger partial charge in [0.15, 0.2) is 0 Å². The zero-order chi connectivity index (χ0) is 12.8. The van der Waals surface area contributed by atoms with Gasteiger partial charge < -0.3 is 14.4 Å². The summed E-state index contributed by atoms with van der Waals surface area (Å²) in [6, 6.07) is 6.10. The maximum Gasteiger partial charge on any atom is 0.126 e. The summed E-state index contributed by atoms with van der Waals surface area (Å²) in [6.45, 7) is 2.75. The van der Waals surface area contributed by atoms with E-state index in [-0.39, 0.29) is 0 Å². The lowest BCUT2D eigenvalue weighted by Gasteiger charge is -2.20. The Kier molecular flexibility index (Phi) is 4.88. The molecule has 1 aromatic rings. The summed E-state index contributed by atoms with van der Waals surface area (Å²) < 4.78 is 11.5. The first kappa shape index (κ1) is 13.2. The van der Waals surface area contributed by atoms with Gasteiger partial charge in [0, 0.05) is 5.56 Å². The molecule has 0 aliphatic carbocycles. The van der Waals surface area contributed by atoms with E-state index in [2.05, 4.69) is 25.1 Å². The number of ether oxygens (including phenoxy) is 2. The lowest BCUT2D eigenvalue weighted by atomic mass is 10.1. The maximum atomic E-state index is 5.89. The molecule has 0 saturated heterocycles. The van der Waals surface area contributed by atoms with Crippen LogP contribution < -0.4 is 9.47 Å². The van der Waals surface area contributed by atoms with Gasteiger partial charge >= 0.3 is 0 Å². The lowest BCUT2D eigenvalue weighted by molar-refractivity contribution is 0.266. The molecule has 0 spiro atoms. The van der Waals surface area contributed by atoms with E-state index in [4.69, 9.17) is 9.47 Å². The van der Waals surface area contributed by atoms with Gasteiger partial charge in [0.1, 0.15) is 11.5 Å². The predicted octanol–water partition coefficient (Wildman–Crippen LogP) is 2.73. The van der Waals surface area contributed by atoms with Crippen molar-refractivity contribution in [2.75, 3.05) is 33.9 Å². The molecule has 0 fully saturated rings. The largest absolute Gasteiger partial charge is 0.493 e. The molecule has 3 nitrogen and oxygen atoms in total. The molecule has 1 aromatic carbocycles. The van der Waals surface area contributed by atoms with Crippen LogP contribution in [0.5, 0.6) is 11.5 Å². The average Bonchev–Trinajstić information content (AvgIpc) is 2.38. The van der Waals surface area contributed by atoms with Crippen LogP contribution in [-0.4, -0.2) is 38.8 Å². The van der Waals surface area contributed by atoms with E-state index in [1.165, 1.54) is 12.0 Å². The van der Waals surface area contributed by atoms with Gasteiger partial charge in [0.25, 0.3) is 0 Å². The monoisotopic (exact) mass is 249 g/mol. The van der Waals surface area contributed by atoms with E-state index in [1.807, 2.05) is 12.1 Å². The van der Waals surface area contributed by atoms with Crippen molar-refractivity contribution in [3.63, 3.8) is 0 Å². The summed E-state index contributed by atoms with van der Waals surface area (Å²) in [6.07, 6.45) is 4.44. The van der Waals surface area contributed by atoms with Crippen LogP contribution in [0.25, 0.3) is 0 Å². The van der Waals surface area contributed by atoms with E-state index in [0.717, 1.165) is 50.5 Å². The van der Waals surface area contributed by atoms with Gasteiger partial charge in [-0.05, 0) is 58.5 Å². The topological polar surface area (TPSA) is 21.7 Å². The SMILES string of the molecule is CN(C)CCCCOc1cccc2c1CCCO2. The molecule has 0 unspecified atom stereocenters. The van der Waals surface area contributed by atoms with Crippen LogP contribution in [0, 0.1) is 0 Å². The van der Waals surface area contributed by atoms with Crippen molar-refractivity contribution in [2.24, 2.45) is 0 Å². The Morgan fingerprint density at radius 1 is 1.28 bits per heavy atom. The zero-order valence-corrected chi connectivity index (χ0v) is 11.4. The third-order valence-corrected chi connectivity index (χ3v) is 3.18. The van der Waals surface area contributed by atoms with Gasteiger partial charge in [-0.15, -0.1) is 0 Å². The minimum atomic E-state index is 0.796. The van der Waals surface area contributed by atoms with Gasteiger partial charge in [-0.3, -0.25) is 0 Å². The Hall–Kier alpha value is -1.22. The van der Waals surface area contributed by atoms with Crippen LogP contribution in [0.3, 0.4) is 0 Å². The van der Waals surface area contributed by atoms with Crippen LogP contribution in [0.15, 0.2) is 18.2 Å². The highest BCUT2D eigenvalue weighted by atomic mass is 16.5. The summed E-state index contributed by atoms with van der Waals surface area (Å²) in [5.41, 5.74) is 1.25. The number of fused-ring (bicyclic) bond motifs is 1. The Balaban J connectivity index is 1.82. The minimum absolute atomic E-state index is 0.796. The molecule has 2 rings (SSSR count).